The molecular formula is C9H7Cl2F3O3. The number of halogens is 5. The maximum absolute atomic E-state index is 13.1. The number of benzene rings is 1. The fraction of sp³-hybridized carbons (Fsp3) is 0.222. The van der Waals surface area contributed by atoms with Crippen LogP contribution in [0.3, 0.4) is 0 Å². The second kappa shape index (κ2) is 7.24. The quantitative estimate of drug-likeness (QED) is 0.672. The van der Waals surface area contributed by atoms with E-state index in [4.69, 9.17) is 28.3 Å². The van der Waals surface area contributed by atoms with Crippen LogP contribution in [0.2, 0.25) is 0 Å². The summed E-state index contributed by atoms with van der Waals surface area (Å²) in [6.07, 6.45) is 0. The zero-order valence-corrected chi connectivity index (χ0v) is 9.95. The van der Waals surface area contributed by atoms with Gasteiger partial charge in [-0.2, -0.15) is 4.39 Å². The van der Waals surface area contributed by atoms with Gasteiger partial charge >= 0.3 is 5.97 Å². The first-order valence-corrected chi connectivity index (χ1v) is 5.04. The maximum Gasteiger partial charge on any atom is 0.338 e. The van der Waals surface area contributed by atoms with Gasteiger partial charge in [0.1, 0.15) is 5.56 Å². The number of aromatic carboxylic acids is 1. The van der Waals surface area contributed by atoms with Crippen molar-refractivity contribution in [3.8, 4) is 5.75 Å². The van der Waals surface area contributed by atoms with Crippen molar-refractivity contribution in [1.82, 2.24) is 0 Å². The predicted octanol–water partition coefficient (Wildman–Crippen LogP) is 3.23. The lowest BCUT2D eigenvalue weighted by Crippen LogP contribution is -2.06. The van der Waals surface area contributed by atoms with Gasteiger partial charge in [0.15, 0.2) is 17.4 Å². The first-order valence-electron chi connectivity index (χ1n) is 3.97. The molecular weight excluding hydrogens is 284 g/mol. The summed E-state index contributed by atoms with van der Waals surface area (Å²) in [4.78, 5) is 10.4. The van der Waals surface area contributed by atoms with Gasteiger partial charge in [-0.25, -0.2) is 13.6 Å². The molecule has 96 valence electrons. The standard InChI is InChI=1S/C8H5F3O3.CH2Cl2/c1-14-7-5(10)3(8(12)13)2-4(9)6(7)11;2-1-3/h2H,1H3,(H,12,13);1H2. The molecule has 0 saturated heterocycles. The van der Waals surface area contributed by atoms with E-state index in [0.717, 1.165) is 7.11 Å². The molecule has 0 aliphatic carbocycles. The van der Waals surface area contributed by atoms with Gasteiger partial charge in [-0.15, -0.1) is 23.2 Å². The van der Waals surface area contributed by atoms with E-state index in [-0.39, 0.29) is 11.4 Å². The summed E-state index contributed by atoms with van der Waals surface area (Å²) in [5.41, 5.74) is -0.972. The zero-order chi connectivity index (χ0) is 13.6. The number of alkyl halides is 2. The van der Waals surface area contributed by atoms with Crippen LogP contribution in [-0.4, -0.2) is 23.5 Å². The van der Waals surface area contributed by atoms with E-state index < -0.39 is 34.7 Å². The number of carboxylic acid groups (broad SMARTS) is 1. The Labute approximate surface area is 105 Å². The van der Waals surface area contributed by atoms with Crippen LogP contribution in [0, 0.1) is 17.5 Å². The minimum Gasteiger partial charge on any atom is -0.491 e. The lowest BCUT2D eigenvalue weighted by molar-refractivity contribution is 0.0690. The summed E-state index contributed by atoms with van der Waals surface area (Å²) in [6, 6.07) is 0.259. The maximum atomic E-state index is 13.1. The molecule has 0 bridgehead atoms. The number of rotatable bonds is 2. The molecule has 0 fully saturated rings. The second-order valence-electron chi connectivity index (χ2n) is 2.47. The molecule has 1 aromatic carbocycles. The van der Waals surface area contributed by atoms with Crippen LogP contribution in [0.25, 0.3) is 0 Å². The summed E-state index contributed by atoms with van der Waals surface area (Å²) in [5, 5.41) is 8.61. The smallest absolute Gasteiger partial charge is 0.338 e. The molecule has 0 aromatic heterocycles. The lowest BCUT2D eigenvalue weighted by atomic mass is 10.2. The van der Waals surface area contributed by atoms with Crippen LogP contribution >= 0.6 is 23.2 Å². The van der Waals surface area contributed by atoms with Crippen molar-refractivity contribution >= 4 is 29.2 Å². The molecule has 1 aromatic rings. The number of hydrogen-bond acceptors (Lipinski definition) is 2. The van der Waals surface area contributed by atoms with Gasteiger partial charge in [0, 0.05) is 0 Å². The average Bonchev–Trinajstić information content (AvgIpc) is 2.25. The van der Waals surface area contributed by atoms with Crippen molar-refractivity contribution in [2.45, 2.75) is 0 Å². The Hall–Kier alpha value is -1.14. The number of hydrogen-bond donors (Lipinski definition) is 1. The molecule has 0 amide bonds. The van der Waals surface area contributed by atoms with Crippen LogP contribution in [0.1, 0.15) is 10.4 Å². The Kier molecular flexibility index (Phi) is 6.75. The SMILES string of the molecule is COc1c(F)c(F)cc(C(=O)O)c1F.ClCCl. The fourth-order valence-electron chi connectivity index (χ4n) is 0.915. The third kappa shape index (κ3) is 3.98. The normalized spacial score (nSPS) is 9.29. The highest BCUT2D eigenvalue weighted by molar-refractivity contribution is 6.40. The molecule has 0 radical (unpaired) electrons. The average molecular weight is 291 g/mol. The minimum atomic E-state index is -1.69. The Balaban J connectivity index is 0.000000770. The Bertz CT molecular complexity index is 413. The van der Waals surface area contributed by atoms with Gasteiger partial charge in [0.2, 0.25) is 5.82 Å². The van der Waals surface area contributed by atoms with Crippen molar-refractivity contribution in [3.63, 3.8) is 0 Å². The molecule has 0 aliphatic rings. The highest BCUT2D eigenvalue weighted by Crippen LogP contribution is 2.26. The third-order valence-electron chi connectivity index (χ3n) is 1.55. The van der Waals surface area contributed by atoms with Gasteiger partial charge in [0.05, 0.1) is 12.4 Å². The van der Waals surface area contributed by atoms with Crippen LogP contribution in [-0.2, 0) is 0 Å². The zero-order valence-electron chi connectivity index (χ0n) is 8.44. The molecule has 1 N–H and O–H groups in total. The molecule has 0 heterocycles. The summed E-state index contributed by atoms with van der Waals surface area (Å²) in [6.45, 7) is 0. The molecule has 0 saturated carbocycles. The van der Waals surface area contributed by atoms with Gasteiger partial charge in [-0.05, 0) is 6.07 Å². The van der Waals surface area contributed by atoms with E-state index in [1.54, 1.807) is 0 Å². The van der Waals surface area contributed by atoms with Crippen LogP contribution in [0.5, 0.6) is 5.75 Å². The number of carbonyl (C=O) groups is 1. The largest absolute Gasteiger partial charge is 0.491 e. The Morgan fingerprint density at radius 2 is 1.82 bits per heavy atom. The van der Waals surface area contributed by atoms with Crippen LogP contribution < -0.4 is 4.74 Å². The predicted molar refractivity (Wildman–Crippen MR) is 56.4 cm³/mol. The van der Waals surface area contributed by atoms with Gasteiger partial charge in [-0.1, -0.05) is 0 Å². The van der Waals surface area contributed by atoms with Crippen molar-refractivity contribution in [2.24, 2.45) is 0 Å². The minimum absolute atomic E-state index is 0.194. The van der Waals surface area contributed by atoms with Crippen molar-refractivity contribution in [1.29, 1.82) is 0 Å². The first-order chi connectivity index (χ1) is 7.90. The van der Waals surface area contributed by atoms with Gasteiger partial charge in [0.25, 0.3) is 0 Å². The summed E-state index contributed by atoms with van der Waals surface area (Å²) in [7, 11) is 0.909. The monoisotopic (exact) mass is 290 g/mol. The van der Waals surface area contributed by atoms with E-state index in [9.17, 15) is 18.0 Å². The lowest BCUT2D eigenvalue weighted by Gasteiger charge is -2.06. The van der Waals surface area contributed by atoms with E-state index in [1.807, 2.05) is 0 Å². The molecule has 17 heavy (non-hydrogen) atoms. The molecule has 0 spiro atoms. The van der Waals surface area contributed by atoms with Gasteiger partial charge < -0.3 is 9.84 Å². The molecule has 0 atom stereocenters. The summed E-state index contributed by atoms with van der Waals surface area (Å²) >= 11 is 9.53. The van der Waals surface area contributed by atoms with E-state index in [0.29, 0.717) is 0 Å². The summed E-state index contributed by atoms with van der Waals surface area (Å²) in [5.74, 6) is -7.18. The van der Waals surface area contributed by atoms with E-state index >= 15 is 0 Å². The molecule has 0 aliphatic heterocycles. The highest BCUT2D eigenvalue weighted by Gasteiger charge is 2.22. The molecule has 8 heteroatoms. The first kappa shape index (κ1) is 15.9. The Morgan fingerprint density at radius 3 is 2.18 bits per heavy atom. The fourth-order valence-corrected chi connectivity index (χ4v) is 0.915. The summed E-state index contributed by atoms with van der Waals surface area (Å²) < 4.78 is 42.7. The second-order valence-corrected chi connectivity index (χ2v) is 3.28. The number of carboxylic acids is 1. The van der Waals surface area contributed by atoms with Crippen molar-refractivity contribution < 1.29 is 27.8 Å². The third-order valence-corrected chi connectivity index (χ3v) is 1.55. The number of ether oxygens (including phenoxy) is 1. The highest BCUT2D eigenvalue weighted by atomic mass is 35.5. The van der Waals surface area contributed by atoms with Gasteiger partial charge in [-0.3, -0.25) is 0 Å². The topological polar surface area (TPSA) is 46.5 Å². The van der Waals surface area contributed by atoms with Crippen molar-refractivity contribution in [3.05, 3.63) is 29.1 Å². The van der Waals surface area contributed by atoms with Crippen LogP contribution in [0.4, 0.5) is 13.2 Å². The molecule has 1 rings (SSSR count). The van der Waals surface area contributed by atoms with Crippen molar-refractivity contribution in [2.75, 3.05) is 12.4 Å². The number of methoxy groups -OCH3 is 1. The van der Waals surface area contributed by atoms with Crippen LogP contribution in [0.15, 0.2) is 6.07 Å². The molecule has 3 nitrogen and oxygen atoms in total. The van der Waals surface area contributed by atoms with E-state index in [2.05, 4.69) is 4.74 Å². The Morgan fingerprint density at radius 1 is 1.35 bits per heavy atom. The molecule has 0 unspecified atom stereocenters. The van der Waals surface area contributed by atoms with E-state index in [1.165, 1.54) is 0 Å².